The molecule has 0 fully saturated rings. The monoisotopic (exact) mass is 398 g/mol. The average molecular weight is 399 g/mol. The van der Waals surface area contributed by atoms with Gasteiger partial charge in [-0.15, -0.1) is 0 Å². The molecule has 156 valence electrons. The van der Waals surface area contributed by atoms with Gasteiger partial charge in [-0.05, 0) is 36.3 Å². The zero-order valence-corrected chi connectivity index (χ0v) is 18.2. The number of ketones is 1. The zero-order chi connectivity index (χ0) is 21.7. The number of anilines is 2. The molecule has 2 aromatic carbocycles. The highest BCUT2D eigenvalue weighted by molar-refractivity contribution is 6.12. The predicted molar refractivity (Wildman–Crippen MR) is 118 cm³/mol. The van der Waals surface area contributed by atoms with Gasteiger partial charge in [-0.2, -0.15) is 0 Å². The quantitative estimate of drug-likeness (QED) is 0.406. The molecular formula is C23H30N2O4. The largest absolute Gasteiger partial charge is 0.496 e. The van der Waals surface area contributed by atoms with Gasteiger partial charge >= 0.3 is 0 Å². The van der Waals surface area contributed by atoms with Gasteiger partial charge in [0.05, 0.1) is 32.7 Å². The van der Waals surface area contributed by atoms with Gasteiger partial charge in [0.15, 0.2) is 17.3 Å². The minimum absolute atomic E-state index is 0.000613. The van der Waals surface area contributed by atoms with Crippen molar-refractivity contribution in [2.75, 3.05) is 46.1 Å². The van der Waals surface area contributed by atoms with Gasteiger partial charge < -0.3 is 24.8 Å². The second kappa shape index (κ2) is 9.37. The first-order valence-electron chi connectivity index (χ1n) is 9.36. The number of carbonyl (C=O) groups is 1. The molecule has 0 unspecified atom stereocenters. The van der Waals surface area contributed by atoms with Gasteiger partial charge in [0.1, 0.15) is 5.75 Å². The molecule has 2 aromatic rings. The van der Waals surface area contributed by atoms with Crippen molar-refractivity contribution in [3.05, 3.63) is 47.0 Å². The summed E-state index contributed by atoms with van der Waals surface area (Å²) in [5.74, 6) is 1.67. The normalized spacial score (nSPS) is 11.4. The summed E-state index contributed by atoms with van der Waals surface area (Å²) in [7, 11) is 8.52. The molecule has 6 nitrogen and oxygen atoms in total. The molecule has 29 heavy (non-hydrogen) atoms. The highest BCUT2D eigenvalue weighted by Crippen LogP contribution is 2.36. The van der Waals surface area contributed by atoms with Gasteiger partial charge in [0.2, 0.25) is 0 Å². The summed E-state index contributed by atoms with van der Waals surface area (Å²) < 4.78 is 16.3. The van der Waals surface area contributed by atoms with Crippen LogP contribution in [0.5, 0.6) is 17.2 Å². The molecule has 0 aliphatic heterocycles. The van der Waals surface area contributed by atoms with Crippen molar-refractivity contribution in [1.29, 1.82) is 0 Å². The molecule has 0 atom stereocenters. The van der Waals surface area contributed by atoms with Crippen LogP contribution in [0.3, 0.4) is 0 Å². The predicted octanol–water partition coefficient (Wildman–Crippen LogP) is 4.28. The molecule has 0 spiro atoms. The molecule has 2 rings (SSSR count). The molecule has 0 saturated heterocycles. The van der Waals surface area contributed by atoms with Gasteiger partial charge in [0.25, 0.3) is 0 Å². The lowest BCUT2D eigenvalue weighted by Gasteiger charge is -2.18. The molecule has 0 amide bonds. The van der Waals surface area contributed by atoms with Crippen molar-refractivity contribution in [1.82, 2.24) is 0 Å². The van der Waals surface area contributed by atoms with E-state index in [-0.39, 0.29) is 11.7 Å². The van der Waals surface area contributed by atoms with Crippen LogP contribution in [0.1, 0.15) is 29.8 Å². The third-order valence-corrected chi connectivity index (χ3v) is 4.71. The van der Waals surface area contributed by atoms with Gasteiger partial charge in [-0.1, -0.05) is 13.8 Å². The summed E-state index contributed by atoms with van der Waals surface area (Å²) in [4.78, 5) is 15.2. The number of carbonyl (C=O) groups excluding carboxylic acids is 1. The van der Waals surface area contributed by atoms with E-state index in [0.717, 1.165) is 11.3 Å². The van der Waals surface area contributed by atoms with Gasteiger partial charge in [-0.25, -0.2) is 0 Å². The number of hydrogen-bond acceptors (Lipinski definition) is 6. The summed E-state index contributed by atoms with van der Waals surface area (Å²) in [5, 5.41) is 0. The number of Topliss-reactive ketones (excluding diaryl/α,β-unsaturated/α-hetero) is 1. The Hall–Kier alpha value is -3.15. The number of allylic oxidation sites excluding steroid dienone is 1. The van der Waals surface area contributed by atoms with Crippen LogP contribution < -0.4 is 24.8 Å². The number of hydrogen-bond donors (Lipinski definition) is 1. The standard InChI is InChI=1S/C23H30N2O4/c1-14(2)17(23(26)15-8-9-18(24)19(11-15)25(3)4)10-16-12-21(28-6)22(29-7)13-20(16)27-5/h8-14H,24H2,1-7H3. The van der Waals surface area contributed by atoms with E-state index in [1.165, 1.54) is 0 Å². The Bertz CT molecular complexity index is 917. The number of methoxy groups -OCH3 is 3. The molecule has 0 saturated carbocycles. The summed E-state index contributed by atoms with van der Waals surface area (Å²) in [6.07, 6.45) is 1.85. The van der Waals surface area contributed by atoms with E-state index in [2.05, 4.69) is 0 Å². The van der Waals surface area contributed by atoms with E-state index in [0.29, 0.717) is 34.1 Å². The second-order valence-electron chi connectivity index (χ2n) is 7.20. The van der Waals surface area contributed by atoms with Crippen LogP contribution >= 0.6 is 0 Å². The molecule has 0 aliphatic carbocycles. The lowest BCUT2D eigenvalue weighted by Crippen LogP contribution is -2.14. The van der Waals surface area contributed by atoms with Crippen LogP contribution in [0.2, 0.25) is 0 Å². The Balaban J connectivity index is 2.58. The highest BCUT2D eigenvalue weighted by atomic mass is 16.5. The Morgan fingerprint density at radius 2 is 1.55 bits per heavy atom. The summed E-state index contributed by atoms with van der Waals surface area (Å²) in [6.45, 7) is 3.97. The molecule has 0 bridgehead atoms. The smallest absolute Gasteiger partial charge is 0.189 e. The number of benzene rings is 2. The molecule has 0 aromatic heterocycles. The molecule has 6 heteroatoms. The van der Waals surface area contributed by atoms with Gasteiger partial charge in [-0.3, -0.25) is 4.79 Å². The molecular weight excluding hydrogens is 368 g/mol. The molecule has 0 aliphatic rings. The van der Waals surface area contributed by atoms with Crippen molar-refractivity contribution in [2.45, 2.75) is 13.8 Å². The molecule has 2 N–H and O–H groups in total. The second-order valence-corrected chi connectivity index (χ2v) is 7.20. The molecule has 0 radical (unpaired) electrons. The highest BCUT2D eigenvalue weighted by Gasteiger charge is 2.19. The van der Waals surface area contributed by atoms with Crippen LogP contribution in [-0.4, -0.2) is 41.2 Å². The zero-order valence-electron chi connectivity index (χ0n) is 18.2. The van der Waals surface area contributed by atoms with Crippen LogP contribution in [0.4, 0.5) is 11.4 Å². The Morgan fingerprint density at radius 1 is 0.966 bits per heavy atom. The maximum absolute atomic E-state index is 13.3. The van der Waals surface area contributed by atoms with E-state index in [4.69, 9.17) is 19.9 Å². The third kappa shape index (κ3) is 4.83. The first-order valence-corrected chi connectivity index (χ1v) is 9.36. The van der Waals surface area contributed by atoms with Crippen molar-refractivity contribution in [3.63, 3.8) is 0 Å². The lowest BCUT2D eigenvalue weighted by molar-refractivity contribution is 0.102. The van der Waals surface area contributed by atoms with Crippen LogP contribution in [-0.2, 0) is 0 Å². The van der Waals surface area contributed by atoms with Crippen molar-refractivity contribution in [3.8, 4) is 17.2 Å². The number of nitrogens with zero attached hydrogens (tertiary/aromatic N) is 1. The SMILES string of the molecule is COc1cc(OC)c(OC)cc1C=C(C(=O)c1ccc(N)c(N(C)C)c1)C(C)C. The minimum Gasteiger partial charge on any atom is -0.496 e. The van der Waals surface area contributed by atoms with Crippen LogP contribution in [0.25, 0.3) is 6.08 Å². The number of ether oxygens (including phenoxy) is 3. The Kier molecular flexibility index (Phi) is 7.15. The van der Waals surface area contributed by atoms with E-state index >= 15 is 0 Å². The van der Waals surface area contributed by atoms with E-state index < -0.39 is 0 Å². The van der Waals surface area contributed by atoms with E-state index in [1.54, 1.807) is 39.5 Å². The van der Waals surface area contributed by atoms with Crippen LogP contribution in [0.15, 0.2) is 35.9 Å². The average Bonchev–Trinajstić information content (AvgIpc) is 2.70. The first kappa shape index (κ1) is 22.1. The maximum Gasteiger partial charge on any atom is 0.189 e. The summed E-state index contributed by atoms with van der Waals surface area (Å²) in [5.41, 5.74) is 9.46. The van der Waals surface area contributed by atoms with E-state index in [1.807, 2.05) is 51.1 Å². The fraction of sp³-hybridized carbons (Fsp3) is 0.348. The third-order valence-electron chi connectivity index (χ3n) is 4.71. The Morgan fingerprint density at radius 3 is 2.07 bits per heavy atom. The topological polar surface area (TPSA) is 74.0 Å². The summed E-state index contributed by atoms with van der Waals surface area (Å²) >= 11 is 0. The lowest BCUT2D eigenvalue weighted by atomic mass is 9.91. The molecule has 0 heterocycles. The summed E-state index contributed by atoms with van der Waals surface area (Å²) in [6, 6.07) is 8.89. The number of nitrogen functional groups attached to an aromatic ring is 1. The van der Waals surface area contributed by atoms with Crippen LogP contribution in [0, 0.1) is 5.92 Å². The number of rotatable bonds is 8. The fourth-order valence-electron chi connectivity index (χ4n) is 3.07. The van der Waals surface area contributed by atoms with Crippen molar-refractivity contribution < 1.29 is 19.0 Å². The van der Waals surface area contributed by atoms with Gasteiger partial charge in [0, 0.05) is 36.9 Å². The maximum atomic E-state index is 13.3. The van der Waals surface area contributed by atoms with E-state index in [9.17, 15) is 4.79 Å². The first-order chi connectivity index (χ1) is 13.7. The van der Waals surface area contributed by atoms with Crippen molar-refractivity contribution in [2.24, 2.45) is 5.92 Å². The minimum atomic E-state index is -0.0556. The fourth-order valence-corrected chi connectivity index (χ4v) is 3.07. The number of nitrogens with two attached hydrogens (primary N) is 1. The Labute approximate surface area is 172 Å². The van der Waals surface area contributed by atoms with Crippen molar-refractivity contribution >= 4 is 23.2 Å².